The summed E-state index contributed by atoms with van der Waals surface area (Å²) in [5, 5.41) is 2.25. The average Bonchev–Trinajstić information content (AvgIpc) is 3.33. The van der Waals surface area contributed by atoms with Crippen LogP contribution < -0.4 is 24.4 Å². The van der Waals surface area contributed by atoms with Crippen LogP contribution in [0.15, 0.2) is 99.9 Å². The smallest absolute Gasteiger partial charge is 0.338 e. The van der Waals surface area contributed by atoms with Gasteiger partial charge in [-0.3, -0.25) is 9.36 Å². The summed E-state index contributed by atoms with van der Waals surface area (Å²) in [6.45, 7) is 6.08. The standard InChI is InChI=1S/C36H31IN2O5S/c1-5-43-35(41)31-22(3)38-36-39(32(31)24-15-13-21(2)14-16-24)34(40)30(45-36)18-26-17-27(37)19-29(42-4)33(26)44-20-25-11-8-10-23-9-6-7-12-28(23)25/h6-19,32H,5,20H2,1-4H3/b30-18-/t32-/m1/s1. The molecule has 6 rings (SSSR count). The Morgan fingerprint density at radius 2 is 1.80 bits per heavy atom. The fourth-order valence-corrected chi connectivity index (χ4v) is 7.22. The maximum absolute atomic E-state index is 14.2. The predicted molar refractivity (Wildman–Crippen MR) is 186 cm³/mol. The second-order valence-electron chi connectivity index (χ2n) is 10.7. The van der Waals surface area contributed by atoms with E-state index in [0.29, 0.717) is 44.3 Å². The summed E-state index contributed by atoms with van der Waals surface area (Å²) in [4.78, 5) is 32.6. The molecule has 45 heavy (non-hydrogen) atoms. The van der Waals surface area contributed by atoms with E-state index in [1.165, 1.54) is 11.3 Å². The minimum absolute atomic E-state index is 0.219. The SMILES string of the molecule is CCOC(=O)C1=C(C)N=c2s/c(=C\c3cc(I)cc(OC)c3OCc3cccc4ccccc34)c(=O)n2[C@@H]1c1ccc(C)cc1. The first-order chi connectivity index (χ1) is 21.8. The van der Waals surface area contributed by atoms with Crippen LogP contribution in [-0.2, 0) is 16.1 Å². The number of carbonyl (C=O) groups excluding carboxylic acids is 1. The monoisotopic (exact) mass is 730 g/mol. The number of methoxy groups -OCH3 is 1. The van der Waals surface area contributed by atoms with Crippen molar-refractivity contribution in [1.29, 1.82) is 0 Å². The normalized spacial score (nSPS) is 14.7. The van der Waals surface area contributed by atoms with Crippen molar-refractivity contribution in [3.8, 4) is 11.5 Å². The van der Waals surface area contributed by atoms with Crippen LogP contribution >= 0.6 is 33.9 Å². The Labute approximate surface area is 278 Å². The quantitative estimate of drug-likeness (QED) is 0.136. The lowest BCUT2D eigenvalue weighted by Crippen LogP contribution is -2.39. The van der Waals surface area contributed by atoms with E-state index in [2.05, 4.69) is 40.8 Å². The van der Waals surface area contributed by atoms with E-state index in [4.69, 9.17) is 19.2 Å². The Morgan fingerprint density at radius 1 is 1.04 bits per heavy atom. The summed E-state index contributed by atoms with van der Waals surface area (Å²) in [5.41, 5.74) is 4.26. The highest BCUT2D eigenvalue weighted by Crippen LogP contribution is 2.36. The summed E-state index contributed by atoms with van der Waals surface area (Å²) in [6.07, 6.45) is 1.82. The summed E-state index contributed by atoms with van der Waals surface area (Å²) < 4.78 is 20.6. The van der Waals surface area contributed by atoms with Crippen molar-refractivity contribution < 1.29 is 19.0 Å². The lowest BCUT2D eigenvalue weighted by molar-refractivity contribution is -0.139. The van der Waals surface area contributed by atoms with Gasteiger partial charge < -0.3 is 14.2 Å². The van der Waals surface area contributed by atoms with Gasteiger partial charge in [-0.1, -0.05) is 83.6 Å². The molecular formula is C36H31IN2O5S. The number of hydrogen-bond donors (Lipinski definition) is 0. The van der Waals surface area contributed by atoms with Gasteiger partial charge in [0.05, 0.1) is 35.6 Å². The van der Waals surface area contributed by atoms with Crippen LogP contribution in [0, 0.1) is 10.5 Å². The Balaban J connectivity index is 1.48. The Bertz CT molecular complexity index is 2140. The Hall–Kier alpha value is -4.22. The second kappa shape index (κ2) is 13.0. The molecule has 0 aliphatic carbocycles. The zero-order valence-electron chi connectivity index (χ0n) is 25.3. The van der Waals surface area contributed by atoms with E-state index in [1.54, 1.807) is 25.5 Å². The zero-order valence-corrected chi connectivity index (χ0v) is 28.3. The number of benzene rings is 4. The molecule has 0 saturated heterocycles. The number of ether oxygens (including phenoxy) is 3. The molecule has 1 aliphatic rings. The summed E-state index contributed by atoms with van der Waals surface area (Å²) in [7, 11) is 1.61. The van der Waals surface area contributed by atoms with Crippen molar-refractivity contribution in [2.75, 3.05) is 13.7 Å². The van der Waals surface area contributed by atoms with Crippen LogP contribution in [0.3, 0.4) is 0 Å². The van der Waals surface area contributed by atoms with Crippen molar-refractivity contribution in [3.63, 3.8) is 0 Å². The Kier molecular flexibility index (Phi) is 8.91. The largest absolute Gasteiger partial charge is 0.493 e. The molecule has 9 heteroatoms. The molecule has 2 heterocycles. The van der Waals surface area contributed by atoms with Gasteiger partial charge in [0, 0.05) is 9.13 Å². The molecule has 0 amide bonds. The minimum Gasteiger partial charge on any atom is -0.493 e. The van der Waals surface area contributed by atoms with Crippen LogP contribution in [0.4, 0.5) is 0 Å². The molecule has 5 aromatic rings. The first-order valence-electron chi connectivity index (χ1n) is 14.5. The molecule has 228 valence electrons. The first kappa shape index (κ1) is 30.8. The van der Waals surface area contributed by atoms with E-state index < -0.39 is 12.0 Å². The van der Waals surface area contributed by atoms with E-state index in [1.807, 2.05) is 73.7 Å². The fourth-order valence-electron chi connectivity index (χ4n) is 5.57. The number of rotatable bonds is 8. The van der Waals surface area contributed by atoms with Crippen molar-refractivity contribution in [2.45, 2.75) is 33.4 Å². The number of nitrogens with zero attached hydrogens (tertiary/aromatic N) is 2. The maximum Gasteiger partial charge on any atom is 0.338 e. The van der Waals surface area contributed by atoms with E-state index in [-0.39, 0.29) is 12.2 Å². The van der Waals surface area contributed by atoms with Gasteiger partial charge in [0.1, 0.15) is 6.61 Å². The molecule has 1 atom stereocenters. The number of hydrogen-bond acceptors (Lipinski definition) is 7. The summed E-state index contributed by atoms with van der Waals surface area (Å²) in [6, 6.07) is 25.4. The molecule has 0 spiro atoms. The van der Waals surface area contributed by atoms with E-state index >= 15 is 0 Å². The molecule has 1 aliphatic heterocycles. The van der Waals surface area contributed by atoms with Gasteiger partial charge in [0.25, 0.3) is 5.56 Å². The van der Waals surface area contributed by atoms with E-state index in [0.717, 1.165) is 31.0 Å². The van der Waals surface area contributed by atoms with Gasteiger partial charge >= 0.3 is 5.97 Å². The summed E-state index contributed by atoms with van der Waals surface area (Å²) in [5.74, 6) is 0.624. The van der Waals surface area contributed by atoms with Crippen molar-refractivity contribution in [1.82, 2.24) is 4.57 Å². The number of thiazole rings is 1. The molecule has 0 radical (unpaired) electrons. The molecule has 0 fully saturated rings. The highest BCUT2D eigenvalue weighted by molar-refractivity contribution is 14.1. The number of esters is 1. The molecule has 0 N–H and O–H groups in total. The maximum atomic E-state index is 14.2. The molecule has 7 nitrogen and oxygen atoms in total. The molecule has 0 saturated carbocycles. The highest BCUT2D eigenvalue weighted by Gasteiger charge is 2.33. The van der Waals surface area contributed by atoms with Gasteiger partial charge in [0.2, 0.25) is 0 Å². The molecular weight excluding hydrogens is 699 g/mol. The summed E-state index contributed by atoms with van der Waals surface area (Å²) >= 11 is 3.51. The minimum atomic E-state index is -0.671. The van der Waals surface area contributed by atoms with Gasteiger partial charge in [0.15, 0.2) is 16.3 Å². The molecule has 0 bridgehead atoms. The van der Waals surface area contributed by atoms with Crippen LogP contribution in [0.2, 0.25) is 0 Å². The number of allylic oxidation sites excluding steroid dienone is 1. The highest BCUT2D eigenvalue weighted by atomic mass is 127. The van der Waals surface area contributed by atoms with Crippen LogP contribution in [-0.4, -0.2) is 24.3 Å². The number of aromatic nitrogens is 1. The number of fused-ring (bicyclic) bond motifs is 2. The van der Waals surface area contributed by atoms with Gasteiger partial charge in [-0.15, -0.1) is 0 Å². The Morgan fingerprint density at radius 3 is 2.56 bits per heavy atom. The predicted octanol–water partition coefficient (Wildman–Crippen LogP) is 6.45. The number of carbonyl (C=O) groups is 1. The van der Waals surface area contributed by atoms with Crippen molar-refractivity contribution in [2.24, 2.45) is 4.99 Å². The molecule has 0 unspecified atom stereocenters. The third-order valence-electron chi connectivity index (χ3n) is 7.72. The fraction of sp³-hybridized carbons (Fsp3) is 0.194. The van der Waals surface area contributed by atoms with Gasteiger partial charge in [-0.25, -0.2) is 9.79 Å². The molecule has 1 aromatic heterocycles. The van der Waals surface area contributed by atoms with Crippen molar-refractivity contribution >= 4 is 56.7 Å². The van der Waals surface area contributed by atoms with Crippen LogP contribution in [0.5, 0.6) is 11.5 Å². The number of halogens is 1. The van der Waals surface area contributed by atoms with Crippen molar-refractivity contribution in [3.05, 3.63) is 136 Å². The third-order valence-corrected chi connectivity index (χ3v) is 9.32. The van der Waals surface area contributed by atoms with E-state index in [9.17, 15) is 9.59 Å². The molecule has 4 aromatic carbocycles. The van der Waals surface area contributed by atoms with Gasteiger partial charge in [-0.05, 0) is 83.5 Å². The topological polar surface area (TPSA) is 79.1 Å². The second-order valence-corrected chi connectivity index (χ2v) is 12.9. The van der Waals surface area contributed by atoms with Gasteiger partial charge in [-0.2, -0.15) is 0 Å². The lowest BCUT2D eigenvalue weighted by Gasteiger charge is -2.24. The average molecular weight is 731 g/mol. The third kappa shape index (κ3) is 6.06. The number of aryl methyl sites for hydroxylation is 1. The lowest BCUT2D eigenvalue weighted by atomic mass is 9.95. The van der Waals surface area contributed by atoms with Crippen LogP contribution in [0.1, 0.15) is 42.1 Å². The van der Waals surface area contributed by atoms with Crippen LogP contribution in [0.25, 0.3) is 16.8 Å². The zero-order chi connectivity index (χ0) is 31.7. The first-order valence-corrected chi connectivity index (χ1v) is 16.4.